The molecule has 4 radical (unpaired) electrons. The first-order chi connectivity index (χ1) is 5.36. The number of halogens is 1. The van der Waals surface area contributed by atoms with Crippen molar-refractivity contribution in [2.45, 2.75) is 0 Å². The number of nitrogens with zero attached hydrogens (tertiary/aromatic N) is 1. The molecule has 0 fully saturated rings. The van der Waals surface area contributed by atoms with Gasteiger partial charge in [-0.3, -0.25) is 4.98 Å². The molecule has 3 heteroatoms. The van der Waals surface area contributed by atoms with Crippen molar-refractivity contribution in [2.24, 2.45) is 0 Å². The summed E-state index contributed by atoms with van der Waals surface area (Å²) in [6, 6.07) is 9.61. The summed E-state index contributed by atoms with van der Waals surface area (Å²) in [5, 5.41) is 1.85. The lowest BCUT2D eigenvalue weighted by Gasteiger charge is -1.94. The number of hydrogen-bond acceptors (Lipinski definition) is 1. The fourth-order valence-electron chi connectivity index (χ4n) is 1.04. The lowest BCUT2D eigenvalue weighted by Crippen LogP contribution is -1.75. The Bertz CT molecular complexity index is 389. The van der Waals surface area contributed by atoms with Crippen molar-refractivity contribution in [1.29, 1.82) is 0 Å². The monoisotopic (exact) mass is 191 g/mol. The molecule has 1 aromatic heterocycles. The SMILES string of the molecule is Clc1ccc2cccnc2c1.[Si]. The van der Waals surface area contributed by atoms with E-state index in [2.05, 4.69) is 4.98 Å². The average molecular weight is 192 g/mol. The maximum absolute atomic E-state index is 5.78. The molecular formula is C9H6ClNSi. The van der Waals surface area contributed by atoms with Crippen LogP contribution in [0.2, 0.25) is 5.02 Å². The van der Waals surface area contributed by atoms with Gasteiger partial charge < -0.3 is 0 Å². The number of aromatic nitrogens is 1. The minimum absolute atomic E-state index is 0. The number of rotatable bonds is 0. The third-order valence-corrected chi connectivity index (χ3v) is 1.80. The molecule has 58 valence electrons. The smallest absolute Gasteiger partial charge is 0.0716 e. The van der Waals surface area contributed by atoms with Crippen LogP contribution in [-0.2, 0) is 0 Å². The predicted octanol–water partition coefficient (Wildman–Crippen LogP) is 2.51. The standard InChI is InChI=1S/C9H6ClN.Si/c10-8-4-3-7-2-1-5-11-9(7)6-8;/h1-6H;. The van der Waals surface area contributed by atoms with Crippen LogP contribution >= 0.6 is 11.6 Å². The van der Waals surface area contributed by atoms with Crippen molar-refractivity contribution in [2.75, 3.05) is 0 Å². The summed E-state index contributed by atoms with van der Waals surface area (Å²) < 4.78 is 0. The number of benzene rings is 1. The molecule has 1 nitrogen and oxygen atoms in total. The fraction of sp³-hybridized carbons (Fsp3) is 0. The summed E-state index contributed by atoms with van der Waals surface area (Å²) in [5.74, 6) is 0. The second-order valence-corrected chi connectivity index (χ2v) is 2.78. The van der Waals surface area contributed by atoms with E-state index in [1.807, 2.05) is 30.3 Å². The molecule has 2 rings (SSSR count). The van der Waals surface area contributed by atoms with Gasteiger partial charge in [-0.2, -0.15) is 0 Å². The maximum atomic E-state index is 5.78. The van der Waals surface area contributed by atoms with Gasteiger partial charge in [0.2, 0.25) is 0 Å². The van der Waals surface area contributed by atoms with Gasteiger partial charge in [-0.15, -0.1) is 0 Å². The van der Waals surface area contributed by atoms with Crippen molar-refractivity contribution in [1.82, 2.24) is 4.98 Å². The fourth-order valence-corrected chi connectivity index (χ4v) is 1.21. The van der Waals surface area contributed by atoms with Gasteiger partial charge in [-0.1, -0.05) is 23.7 Å². The van der Waals surface area contributed by atoms with Gasteiger partial charge in [0.05, 0.1) is 5.52 Å². The zero-order valence-electron chi connectivity index (χ0n) is 6.29. The van der Waals surface area contributed by atoms with Crippen LogP contribution in [0.25, 0.3) is 10.9 Å². The van der Waals surface area contributed by atoms with E-state index in [-0.39, 0.29) is 11.0 Å². The molecule has 1 heterocycles. The Balaban J connectivity index is 0.000000720. The van der Waals surface area contributed by atoms with Crippen LogP contribution in [-0.4, -0.2) is 15.9 Å². The van der Waals surface area contributed by atoms with Gasteiger partial charge in [0.1, 0.15) is 0 Å². The van der Waals surface area contributed by atoms with Crippen LogP contribution in [0.5, 0.6) is 0 Å². The van der Waals surface area contributed by atoms with Crippen LogP contribution < -0.4 is 0 Å². The lowest BCUT2D eigenvalue weighted by atomic mass is 10.2. The third-order valence-electron chi connectivity index (χ3n) is 1.57. The molecule has 2 aromatic rings. The van der Waals surface area contributed by atoms with E-state index in [9.17, 15) is 0 Å². The van der Waals surface area contributed by atoms with Crippen molar-refractivity contribution in [3.8, 4) is 0 Å². The normalized spacial score (nSPS) is 9.42. The molecule has 0 spiro atoms. The Morgan fingerprint density at radius 3 is 2.83 bits per heavy atom. The lowest BCUT2D eigenvalue weighted by molar-refractivity contribution is 1.41. The molecule has 0 aliphatic carbocycles. The third kappa shape index (κ3) is 1.65. The van der Waals surface area contributed by atoms with Crippen LogP contribution in [0.15, 0.2) is 36.5 Å². The maximum Gasteiger partial charge on any atom is 0.0716 e. The molecule has 0 unspecified atom stereocenters. The van der Waals surface area contributed by atoms with Gasteiger partial charge in [-0.05, 0) is 18.2 Å². The Hall–Kier alpha value is -0.863. The summed E-state index contributed by atoms with van der Waals surface area (Å²) in [6.07, 6.45) is 1.76. The molecule has 0 saturated carbocycles. The highest BCUT2D eigenvalue weighted by Crippen LogP contribution is 2.16. The zero-order chi connectivity index (χ0) is 7.68. The first kappa shape index (κ1) is 9.23. The molecule has 0 aliphatic heterocycles. The van der Waals surface area contributed by atoms with E-state index in [0.29, 0.717) is 0 Å². The number of hydrogen-bond donors (Lipinski definition) is 0. The van der Waals surface area contributed by atoms with Crippen LogP contribution in [0.3, 0.4) is 0 Å². The van der Waals surface area contributed by atoms with Gasteiger partial charge in [0.15, 0.2) is 0 Å². The van der Waals surface area contributed by atoms with Gasteiger partial charge >= 0.3 is 0 Å². The molecule has 1 aromatic carbocycles. The van der Waals surface area contributed by atoms with Crippen LogP contribution in [0, 0.1) is 0 Å². The van der Waals surface area contributed by atoms with Gasteiger partial charge in [-0.25, -0.2) is 0 Å². The van der Waals surface area contributed by atoms with Crippen LogP contribution in [0.1, 0.15) is 0 Å². The van der Waals surface area contributed by atoms with Crippen molar-refractivity contribution < 1.29 is 0 Å². The molecule has 0 aliphatic rings. The summed E-state index contributed by atoms with van der Waals surface area (Å²) in [4.78, 5) is 4.16. The van der Waals surface area contributed by atoms with E-state index in [0.717, 1.165) is 15.9 Å². The quantitative estimate of drug-likeness (QED) is 0.584. The predicted molar refractivity (Wildman–Crippen MR) is 52.5 cm³/mol. The van der Waals surface area contributed by atoms with Crippen LogP contribution in [0.4, 0.5) is 0 Å². The summed E-state index contributed by atoms with van der Waals surface area (Å²) >= 11 is 5.78. The van der Waals surface area contributed by atoms with Crippen molar-refractivity contribution in [3.63, 3.8) is 0 Å². The molecule has 0 atom stereocenters. The van der Waals surface area contributed by atoms with E-state index in [1.54, 1.807) is 6.20 Å². The molecule has 0 saturated heterocycles. The highest BCUT2D eigenvalue weighted by molar-refractivity contribution is 6.31. The Morgan fingerprint density at radius 2 is 2.00 bits per heavy atom. The first-order valence-corrected chi connectivity index (χ1v) is 3.74. The first-order valence-electron chi connectivity index (χ1n) is 3.36. The Labute approximate surface area is 80.4 Å². The Morgan fingerprint density at radius 1 is 1.17 bits per heavy atom. The largest absolute Gasteiger partial charge is 0.256 e. The molecule has 12 heavy (non-hydrogen) atoms. The molecule has 0 amide bonds. The molecule has 0 N–H and O–H groups in total. The summed E-state index contributed by atoms with van der Waals surface area (Å²) in [5.41, 5.74) is 0.944. The minimum atomic E-state index is 0. The average Bonchev–Trinajstić information content (AvgIpc) is 2.04. The Kier molecular flexibility index (Phi) is 2.84. The van der Waals surface area contributed by atoms with Gasteiger partial charge in [0, 0.05) is 27.6 Å². The van der Waals surface area contributed by atoms with Crippen molar-refractivity contribution in [3.05, 3.63) is 41.6 Å². The highest BCUT2D eigenvalue weighted by Gasteiger charge is 1.92. The van der Waals surface area contributed by atoms with E-state index in [4.69, 9.17) is 11.6 Å². The van der Waals surface area contributed by atoms with Crippen molar-refractivity contribution >= 4 is 33.5 Å². The summed E-state index contributed by atoms with van der Waals surface area (Å²) in [7, 11) is 0. The minimum Gasteiger partial charge on any atom is -0.256 e. The zero-order valence-corrected chi connectivity index (χ0v) is 8.05. The second-order valence-electron chi connectivity index (χ2n) is 2.34. The topological polar surface area (TPSA) is 12.9 Å². The highest BCUT2D eigenvalue weighted by atomic mass is 35.5. The second kappa shape index (κ2) is 3.69. The summed E-state index contributed by atoms with van der Waals surface area (Å²) in [6.45, 7) is 0. The molecular weight excluding hydrogens is 186 g/mol. The van der Waals surface area contributed by atoms with E-state index in [1.165, 1.54) is 0 Å². The van der Waals surface area contributed by atoms with Gasteiger partial charge in [0.25, 0.3) is 0 Å². The van der Waals surface area contributed by atoms with E-state index >= 15 is 0 Å². The van der Waals surface area contributed by atoms with E-state index < -0.39 is 0 Å². The molecule has 0 bridgehead atoms. The number of pyridine rings is 1. The number of fused-ring (bicyclic) bond motifs is 1.